The van der Waals surface area contributed by atoms with Crippen molar-refractivity contribution in [3.8, 4) is 0 Å². The highest BCUT2D eigenvalue weighted by molar-refractivity contribution is 6.04. The summed E-state index contributed by atoms with van der Waals surface area (Å²) in [6, 6.07) is 0. The molecule has 1 rings (SSSR count). The van der Waals surface area contributed by atoms with Gasteiger partial charge < -0.3 is 9.47 Å². The Balaban J connectivity index is 2.62. The minimum atomic E-state index is -1.26. The van der Waals surface area contributed by atoms with Gasteiger partial charge in [-0.3, -0.25) is 14.4 Å². The molecule has 1 aliphatic rings. The lowest BCUT2D eigenvalue weighted by Gasteiger charge is -2.12. The van der Waals surface area contributed by atoms with Gasteiger partial charge in [-0.1, -0.05) is 45.6 Å². The maximum atomic E-state index is 12.3. The van der Waals surface area contributed by atoms with E-state index in [4.69, 9.17) is 9.47 Å². The highest BCUT2D eigenvalue weighted by atomic mass is 16.5. The Bertz CT molecular complexity index is 464. The molecule has 0 aromatic carbocycles. The van der Waals surface area contributed by atoms with E-state index in [0.717, 1.165) is 25.7 Å². The van der Waals surface area contributed by atoms with Gasteiger partial charge in [-0.2, -0.15) is 0 Å². The molecule has 0 aromatic rings. The van der Waals surface area contributed by atoms with Crippen molar-refractivity contribution in [3.05, 3.63) is 12.2 Å². The zero-order chi connectivity index (χ0) is 18.2. The molecule has 24 heavy (non-hydrogen) atoms. The molecular weight excluding hydrogens is 308 g/mol. The SMILES string of the molecule is CCCCCCC(CC)C(=O)C=CC1CC1(C(=O)OC)C(=O)OC. The first-order valence-electron chi connectivity index (χ1n) is 8.86. The Morgan fingerprint density at radius 2 is 1.71 bits per heavy atom. The maximum Gasteiger partial charge on any atom is 0.323 e. The molecule has 0 bridgehead atoms. The van der Waals surface area contributed by atoms with Crippen molar-refractivity contribution in [2.45, 2.75) is 58.8 Å². The third-order valence-electron chi connectivity index (χ3n) is 4.91. The second kappa shape index (κ2) is 9.60. The maximum absolute atomic E-state index is 12.3. The van der Waals surface area contributed by atoms with Crippen molar-refractivity contribution in [3.63, 3.8) is 0 Å². The molecule has 136 valence electrons. The highest BCUT2D eigenvalue weighted by Gasteiger charge is 2.66. The van der Waals surface area contributed by atoms with E-state index >= 15 is 0 Å². The number of esters is 2. The van der Waals surface area contributed by atoms with Crippen LogP contribution in [0.2, 0.25) is 0 Å². The van der Waals surface area contributed by atoms with E-state index in [1.165, 1.54) is 33.1 Å². The quantitative estimate of drug-likeness (QED) is 0.250. The van der Waals surface area contributed by atoms with Crippen molar-refractivity contribution >= 4 is 17.7 Å². The van der Waals surface area contributed by atoms with Gasteiger partial charge in [0.2, 0.25) is 0 Å². The molecule has 0 N–H and O–H groups in total. The summed E-state index contributed by atoms with van der Waals surface area (Å²) in [7, 11) is 2.50. The van der Waals surface area contributed by atoms with Crippen LogP contribution >= 0.6 is 0 Å². The Morgan fingerprint density at radius 1 is 1.08 bits per heavy atom. The van der Waals surface area contributed by atoms with Gasteiger partial charge >= 0.3 is 11.9 Å². The molecule has 0 saturated heterocycles. The largest absolute Gasteiger partial charge is 0.468 e. The number of unbranched alkanes of at least 4 members (excludes halogenated alkanes) is 3. The number of carbonyl (C=O) groups is 3. The minimum absolute atomic E-state index is 0.0162. The first-order valence-corrected chi connectivity index (χ1v) is 8.86. The van der Waals surface area contributed by atoms with Gasteiger partial charge in [0.1, 0.15) is 0 Å². The monoisotopic (exact) mass is 338 g/mol. The predicted molar refractivity (Wildman–Crippen MR) is 91.3 cm³/mol. The van der Waals surface area contributed by atoms with Crippen molar-refractivity contribution in [1.82, 2.24) is 0 Å². The molecule has 5 nitrogen and oxygen atoms in total. The van der Waals surface area contributed by atoms with Crippen LogP contribution in [0.15, 0.2) is 12.2 Å². The summed E-state index contributed by atoms with van der Waals surface area (Å²) in [5.41, 5.74) is -1.26. The topological polar surface area (TPSA) is 69.7 Å². The van der Waals surface area contributed by atoms with E-state index in [9.17, 15) is 14.4 Å². The normalized spacial score (nSPS) is 19.8. The van der Waals surface area contributed by atoms with E-state index in [0.29, 0.717) is 6.42 Å². The average Bonchev–Trinajstić information content (AvgIpc) is 3.34. The van der Waals surface area contributed by atoms with Crippen LogP contribution in [-0.2, 0) is 23.9 Å². The lowest BCUT2D eigenvalue weighted by molar-refractivity contribution is -0.161. The number of carbonyl (C=O) groups excluding carboxylic acids is 3. The van der Waals surface area contributed by atoms with Crippen LogP contribution in [0, 0.1) is 17.3 Å². The van der Waals surface area contributed by atoms with Gasteiger partial charge in [-0.25, -0.2) is 0 Å². The van der Waals surface area contributed by atoms with Crippen molar-refractivity contribution in [1.29, 1.82) is 0 Å². The number of hydrogen-bond acceptors (Lipinski definition) is 5. The molecule has 1 saturated carbocycles. The Hall–Kier alpha value is -1.65. The highest BCUT2D eigenvalue weighted by Crippen LogP contribution is 2.55. The van der Waals surface area contributed by atoms with Crippen molar-refractivity contribution in [2.75, 3.05) is 14.2 Å². The first kappa shape index (κ1) is 20.4. The molecule has 0 heterocycles. The Morgan fingerprint density at radius 3 is 2.21 bits per heavy atom. The van der Waals surface area contributed by atoms with Crippen LogP contribution in [0.1, 0.15) is 58.8 Å². The molecule has 2 unspecified atom stereocenters. The van der Waals surface area contributed by atoms with E-state index in [2.05, 4.69) is 6.92 Å². The lowest BCUT2D eigenvalue weighted by Crippen LogP contribution is -2.30. The molecular formula is C19H30O5. The van der Waals surface area contributed by atoms with Crippen LogP contribution in [0.3, 0.4) is 0 Å². The Labute approximate surface area is 144 Å². The molecule has 0 aromatic heterocycles. The summed E-state index contributed by atoms with van der Waals surface area (Å²) in [4.78, 5) is 36.1. The number of ketones is 1. The third kappa shape index (κ3) is 4.68. The fourth-order valence-electron chi connectivity index (χ4n) is 3.15. The molecule has 0 aliphatic heterocycles. The van der Waals surface area contributed by atoms with Gasteiger partial charge in [0.25, 0.3) is 0 Å². The summed E-state index contributed by atoms with van der Waals surface area (Å²) < 4.78 is 9.45. The third-order valence-corrected chi connectivity index (χ3v) is 4.91. The number of ether oxygens (including phenoxy) is 2. The lowest BCUT2D eigenvalue weighted by atomic mass is 9.93. The number of hydrogen-bond donors (Lipinski definition) is 0. The van der Waals surface area contributed by atoms with Crippen molar-refractivity contribution < 1.29 is 23.9 Å². The Kier molecular flexibility index (Phi) is 8.16. The molecule has 0 amide bonds. The van der Waals surface area contributed by atoms with Crippen molar-refractivity contribution in [2.24, 2.45) is 17.3 Å². The van der Waals surface area contributed by atoms with E-state index < -0.39 is 17.4 Å². The summed E-state index contributed by atoms with van der Waals surface area (Å²) in [6.45, 7) is 4.18. The van der Waals surface area contributed by atoms with Crippen LogP contribution < -0.4 is 0 Å². The molecule has 1 aliphatic carbocycles. The van der Waals surface area contributed by atoms with Crippen LogP contribution in [0.5, 0.6) is 0 Å². The van der Waals surface area contributed by atoms with E-state index in [1.54, 1.807) is 6.08 Å². The zero-order valence-electron chi connectivity index (χ0n) is 15.3. The van der Waals surface area contributed by atoms with E-state index in [-0.39, 0.29) is 17.6 Å². The van der Waals surface area contributed by atoms with Gasteiger partial charge in [0.15, 0.2) is 11.2 Å². The second-order valence-electron chi connectivity index (χ2n) is 6.48. The zero-order valence-corrected chi connectivity index (χ0v) is 15.3. The van der Waals surface area contributed by atoms with Gasteiger partial charge in [-0.05, 0) is 25.3 Å². The van der Waals surface area contributed by atoms with Gasteiger partial charge in [0.05, 0.1) is 14.2 Å². The standard InChI is InChI=1S/C19H30O5/c1-5-7-8-9-10-14(6-2)16(20)12-11-15-13-19(15,17(21)23-3)18(22)24-4/h11-12,14-15H,5-10,13H2,1-4H3. The minimum Gasteiger partial charge on any atom is -0.468 e. The fraction of sp³-hybridized carbons (Fsp3) is 0.737. The van der Waals surface area contributed by atoms with E-state index in [1.807, 2.05) is 6.92 Å². The van der Waals surface area contributed by atoms with Crippen LogP contribution in [-0.4, -0.2) is 31.9 Å². The first-order chi connectivity index (χ1) is 11.5. The summed E-state index contributed by atoms with van der Waals surface area (Å²) in [6.07, 6.45) is 9.83. The van der Waals surface area contributed by atoms with Crippen LogP contribution in [0.25, 0.3) is 0 Å². The average molecular weight is 338 g/mol. The summed E-state index contributed by atoms with van der Waals surface area (Å²) >= 11 is 0. The summed E-state index contributed by atoms with van der Waals surface area (Å²) in [5, 5.41) is 0. The molecule has 2 atom stereocenters. The fourth-order valence-corrected chi connectivity index (χ4v) is 3.15. The van der Waals surface area contributed by atoms with Gasteiger partial charge in [-0.15, -0.1) is 0 Å². The number of rotatable bonds is 11. The molecule has 1 fully saturated rings. The number of methoxy groups -OCH3 is 2. The number of allylic oxidation sites excluding steroid dienone is 2. The molecule has 5 heteroatoms. The molecule has 0 radical (unpaired) electrons. The second-order valence-corrected chi connectivity index (χ2v) is 6.48. The van der Waals surface area contributed by atoms with Gasteiger partial charge in [0, 0.05) is 11.8 Å². The molecule has 0 spiro atoms. The summed E-state index contributed by atoms with van der Waals surface area (Å²) in [5.74, 6) is -1.42. The van der Waals surface area contributed by atoms with Crippen LogP contribution in [0.4, 0.5) is 0 Å². The smallest absolute Gasteiger partial charge is 0.323 e. The predicted octanol–water partition coefficient (Wildman–Crippen LogP) is 3.46.